The molecule has 76 valence electrons. The van der Waals surface area contributed by atoms with Gasteiger partial charge in [0.2, 0.25) is 0 Å². The van der Waals surface area contributed by atoms with Gasteiger partial charge < -0.3 is 4.90 Å². The summed E-state index contributed by atoms with van der Waals surface area (Å²) < 4.78 is 0. The highest BCUT2D eigenvalue weighted by molar-refractivity contribution is 5.59. The van der Waals surface area contributed by atoms with Gasteiger partial charge in [-0.05, 0) is 24.1 Å². The Kier molecular flexibility index (Phi) is 2.72. The molecule has 1 aromatic carbocycles. The second-order valence-electron chi connectivity index (χ2n) is 3.67. The maximum atomic E-state index is 4.04. The molecule has 0 bridgehead atoms. The molecule has 0 radical (unpaired) electrons. The van der Waals surface area contributed by atoms with E-state index >= 15 is 0 Å². The van der Waals surface area contributed by atoms with E-state index in [2.05, 4.69) is 54.9 Å². The topological polar surface area (TPSA) is 3.24 Å². The van der Waals surface area contributed by atoms with E-state index < -0.39 is 0 Å². The standard InChI is InChI=1S/C14H15N/c1-12-8-4-3-5-9-13-10-6-7-11-14(13)15(12)2/h3-8,10-11H,1,9H2,2H3/b5-3-,8-4-. The van der Waals surface area contributed by atoms with Crippen molar-refractivity contribution in [1.82, 2.24) is 0 Å². The van der Waals surface area contributed by atoms with Crippen LogP contribution < -0.4 is 4.90 Å². The molecule has 1 aliphatic rings. The Bertz CT molecular complexity index is 427. The first-order valence-corrected chi connectivity index (χ1v) is 5.13. The predicted molar refractivity (Wildman–Crippen MR) is 66.0 cm³/mol. The number of hydrogen-bond acceptors (Lipinski definition) is 1. The lowest BCUT2D eigenvalue weighted by Crippen LogP contribution is -2.15. The van der Waals surface area contributed by atoms with Crippen LogP contribution in [0.5, 0.6) is 0 Å². The lowest BCUT2D eigenvalue weighted by Gasteiger charge is -2.22. The number of nitrogens with zero attached hydrogens (tertiary/aromatic N) is 1. The third-order valence-corrected chi connectivity index (χ3v) is 2.66. The third-order valence-electron chi connectivity index (χ3n) is 2.66. The average molecular weight is 197 g/mol. The molecule has 0 saturated heterocycles. The molecular weight excluding hydrogens is 182 g/mol. The van der Waals surface area contributed by atoms with Crippen LogP contribution in [0.1, 0.15) is 5.56 Å². The molecule has 0 saturated carbocycles. The van der Waals surface area contributed by atoms with Gasteiger partial charge in [-0.25, -0.2) is 0 Å². The normalized spacial score (nSPS) is 19.8. The molecule has 15 heavy (non-hydrogen) atoms. The van der Waals surface area contributed by atoms with E-state index in [0.717, 1.165) is 12.1 Å². The molecule has 0 N–H and O–H groups in total. The van der Waals surface area contributed by atoms with Gasteiger partial charge in [0.15, 0.2) is 0 Å². The molecule has 0 spiro atoms. The fraction of sp³-hybridized carbons (Fsp3) is 0.143. The van der Waals surface area contributed by atoms with Crippen molar-refractivity contribution in [1.29, 1.82) is 0 Å². The Labute approximate surface area is 91.0 Å². The summed E-state index contributed by atoms with van der Waals surface area (Å²) >= 11 is 0. The minimum atomic E-state index is 0.970. The van der Waals surface area contributed by atoms with Gasteiger partial charge in [-0.15, -0.1) is 0 Å². The Morgan fingerprint density at radius 2 is 2.00 bits per heavy atom. The molecule has 1 aliphatic heterocycles. The van der Waals surface area contributed by atoms with E-state index in [1.54, 1.807) is 0 Å². The molecule has 1 heterocycles. The molecule has 0 aromatic heterocycles. The summed E-state index contributed by atoms with van der Waals surface area (Å²) in [5.41, 5.74) is 3.58. The first kappa shape index (κ1) is 9.78. The second kappa shape index (κ2) is 4.18. The summed E-state index contributed by atoms with van der Waals surface area (Å²) in [4.78, 5) is 2.12. The maximum absolute atomic E-state index is 4.04. The van der Waals surface area contributed by atoms with Crippen LogP contribution >= 0.6 is 0 Å². The molecule has 0 aliphatic carbocycles. The minimum Gasteiger partial charge on any atom is -0.345 e. The molecule has 2 rings (SSSR count). The van der Waals surface area contributed by atoms with Crippen molar-refractivity contribution in [2.45, 2.75) is 6.42 Å². The first-order chi connectivity index (χ1) is 7.29. The van der Waals surface area contributed by atoms with Crippen molar-refractivity contribution in [3.63, 3.8) is 0 Å². The van der Waals surface area contributed by atoms with Gasteiger partial charge in [0.05, 0.1) is 0 Å². The van der Waals surface area contributed by atoms with Gasteiger partial charge in [-0.2, -0.15) is 0 Å². The zero-order valence-electron chi connectivity index (χ0n) is 8.98. The molecule has 1 aromatic rings. The number of fused-ring (bicyclic) bond motifs is 1. The van der Waals surface area contributed by atoms with Crippen molar-refractivity contribution < 1.29 is 0 Å². The number of allylic oxidation sites excluding steroid dienone is 4. The SMILES string of the molecule is C=C1/C=C\C=C/Cc2ccccc2N1C. The van der Waals surface area contributed by atoms with E-state index in [0.29, 0.717) is 0 Å². The summed E-state index contributed by atoms with van der Waals surface area (Å²) in [6.07, 6.45) is 9.27. The summed E-state index contributed by atoms with van der Waals surface area (Å²) in [6.45, 7) is 4.04. The summed E-state index contributed by atoms with van der Waals surface area (Å²) in [5, 5.41) is 0. The van der Waals surface area contributed by atoms with Crippen molar-refractivity contribution in [2.24, 2.45) is 0 Å². The van der Waals surface area contributed by atoms with Crippen LogP contribution in [0.25, 0.3) is 0 Å². The number of benzene rings is 1. The Morgan fingerprint density at radius 3 is 2.87 bits per heavy atom. The number of hydrogen-bond donors (Lipinski definition) is 0. The number of likely N-dealkylation sites (N-methyl/N-ethyl adjacent to an activating group) is 1. The number of rotatable bonds is 0. The van der Waals surface area contributed by atoms with Gasteiger partial charge >= 0.3 is 0 Å². The maximum Gasteiger partial charge on any atom is 0.0443 e. The van der Waals surface area contributed by atoms with E-state index in [9.17, 15) is 0 Å². The van der Waals surface area contributed by atoms with Crippen molar-refractivity contribution >= 4 is 5.69 Å². The average Bonchev–Trinajstić information content (AvgIpc) is 2.33. The van der Waals surface area contributed by atoms with E-state index in [4.69, 9.17) is 0 Å². The van der Waals surface area contributed by atoms with Gasteiger partial charge in [-0.3, -0.25) is 0 Å². The van der Waals surface area contributed by atoms with Crippen LogP contribution in [0.4, 0.5) is 5.69 Å². The van der Waals surface area contributed by atoms with Crippen LogP contribution in [0.3, 0.4) is 0 Å². The van der Waals surface area contributed by atoms with Gasteiger partial charge in [0.25, 0.3) is 0 Å². The summed E-state index contributed by atoms with van der Waals surface area (Å²) in [6, 6.07) is 8.44. The minimum absolute atomic E-state index is 0.970. The zero-order chi connectivity index (χ0) is 10.7. The highest BCUT2D eigenvalue weighted by Crippen LogP contribution is 2.23. The lowest BCUT2D eigenvalue weighted by atomic mass is 10.1. The molecule has 1 heteroatoms. The van der Waals surface area contributed by atoms with Crippen molar-refractivity contribution in [3.05, 3.63) is 66.4 Å². The molecule has 1 nitrogen and oxygen atoms in total. The van der Waals surface area contributed by atoms with Crippen LogP contribution in [0.2, 0.25) is 0 Å². The van der Waals surface area contributed by atoms with Gasteiger partial charge in [0.1, 0.15) is 0 Å². The zero-order valence-corrected chi connectivity index (χ0v) is 8.98. The lowest BCUT2D eigenvalue weighted by molar-refractivity contribution is 1.11. The molecule has 0 amide bonds. The first-order valence-electron chi connectivity index (χ1n) is 5.13. The fourth-order valence-corrected chi connectivity index (χ4v) is 1.72. The summed E-state index contributed by atoms with van der Waals surface area (Å²) in [5.74, 6) is 0. The van der Waals surface area contributed by atoms with Crippen LogP contribution in [0.15, 0.2) is 60.8 Å². The van der Waals surface area contributed by atoms with Crippen molar-refractivity contribution in [2.75, 3.05) is 11.9 Å². The Balaban J connectivity index is 2.48. The van der Waals surface area contributed by atoms with Crippen LogP contribution in [0, 0.1) is 0 Å². The van der Waals surface area contributed by atoms with Gasteiger partial charge in [-0.1, -0.05) is 43.0 Å². The highest BCUT2D eigenvalue weighted by atomic mass is 15.1. The van der Waals surface area contributed by atoms with E-state index in [1.165, 1.54) is 11.3 Å². The quantitative estimate of drug-likeness (QED) is 0.616. The highest BCUT2D eigenvalue weighted by Gasteiger charge is 2.07. The van der Waals surface area contributed by atoms with Crippen molar-refractivity contribution in [3.8, 4) is 0 Å². The van der Waals surface area contributed by atoms with Crippen LogP contribution in [-0.2, 0) is 6.42 Å². The molecule has 0 atom stereocenters. The van der Waals surface area contributed by atoms with Crippen LogP contribution in [-0.4, -0.2) is 7.05 Å². The predicted octanol–water partition coefficient (Wildman–Crippen LogP) is 3.31. The fourth-order valence-electron chi connectivity index (χ4n) is 1.72. The molecular formula is C14H15N. The van der Waals surface area contributed by atoms with E-state index in [1.807, 2.05) is 12.2 Å². The number of anilines is 1. The van der Waals surface area contributed by atoms with Gasteiger partial charge in [0, 0.05) is 18.4 Å². The summed E-state index contributed by atoms with van der Waals surface area (Å²) in [7, 11) is 2.05. The largest absolute Gasteiger partial charge is 0.345 e. The third kappa shape index (κ3) is 2.01. The smallest absolute Gasteiger partial charge is 0.0443 e. The van der Waals surface area contributed by atoms with E-state index in [-0.39, 0.29) is 0 Å². The Morgan fingerprint density at radius 1 is 1.20 bits per heavy atom. The monoisotopic (exact) mass is 197 g/mol. The molecule has 0 unspecified atom stereocenters. The number of para-hydroxylation sites is 1. The molecule has 0 fully saturated rings. The Hall–Kier alpha value is -1.76. The second-order valence-corrected chi connectivity index (χ2v) is 3.67.